The minimum Gasteiger partial charge on any atom is -0.493 e. The highest BCUT2D eigenvalue weighted by Crippen LogP contribution is 2.37. The Morgan fingerprint density at radius 1 is 1.27 bits per heavy atom. The number of nitro groups is 1. The van der Waals surface area contributed by atoms with E-state index in [1.165, 1.54) is 38.3 Å². The molecule has 0 aliphatic carbocycles. The van der Waals surface area contributed by atoms with E-state index in [1.807, 2.05) is 30.3 Å². The second kappa shape index (κ2) is 9.42. The van der Waals surface area contributed by atoms with Crippen LogP contribution < -0.4 is 15.2 Å². The third-order valence-electron chi connectivity index (χ3n) is 3.27. The van der Waals surface area contributed by atoms with E-state index in [-0.39, 0.29) is 17.2 Å². The summed E-state index contributed by atoms with van der Waals surface area (Å²) in [4.78, 5) is 10.6. The van der Waals surface area contributed by atoms with Gasteiger partial charge in [-0.05, 0) is 11.6 Å². The number of nitro benzene ring substituents is 1. The summed E-state index contributed by atoms with van der Waals surface area (Å²) in [6.07, 6.45) is 1.37. The zero-order chi connectivity index (χ0) is 18.9. The normalized spacial score (nSPS) is 11.5. The highest BCUT2D eigenvalue weighted by molar-refractivity contribution is 8.13. The van der Waals surface area contributed by atoms with Gasteiger partial charge in [0.15, 0.2) is 10.9 Å². The molecule has 9 heteroatoms. The molecule has 26 heavy (non-hydrogen) atoms. The molecule has 0 saturated carbocycles. The first-order chi connectivity index (χ1) is 12.5. The minimum atomic E-state index is -0.550. The summed E-state index contributed by atoms with van der Waals surface area (Å²) in [7, 11) is 2.74. The Hall–Kier alpha value is -3.07. The smallest absolute Gasteiger partial charge is 0.315 e. The molecule has 0 heterocycles. The molecule has 0 amide bonds. The molecule has 0 fully saturated rings. The van der Waals surface area contributed by atoms with Gasteiger partial charge in [0.25, 0.3) is 0 Å². The van der Waals surface area contributed by atoms with Gasteiger partial charge in [0.2, 0.25) is 5.75 Å². The van der Waals surface area contributed by atoms with Crippen LogP contribution in [0, 0.1) is 10.1 Å². The van der Waals surface area contributed by atoms with E-state index in [2.05, 4.69) is 10.2 Å². The fraction of sp³-hybridized carbons (Fsp3) is 0.176. The average molecular weight is 374 g/mol. The number of nitrogens with two attached hydrogens (primary N) is 1. The molecule has 136 valence electrons. The molecular formula is C17H18N4O4S. The van der Waals surface area contributed by atoms with Gasteiger partial charge >= 0.3 is 5.69 Å². The van der Waals surface area contributed by atoms with Crippen LogP contribution in [-0.4, -0.2) is 30.5 Å². The van der Waals surface area contributed by atoms with Gasteiger partial charge in [-0.15, -0.1) is 5.10 Å². The number of ether oxygens (including phenoxy) is 2. The third-order valence-corrected chi connectivity index (χ3v) is 4.13. The number of hydrogen-bond acceptors (Lipinski definition) is 7. The predicted octanol–water partition coefficient (Wildman–Crippen LogP) is 3.19. The second-order valence-corrected chi connectivity index (χ2v) is 5.99. The molecule has 2 aromatic rings. The summed E-state index contributed by atoms with van der Waals surface area (Å²) in [5, 5.41) is 19.2. The summed E-state index contributed by atoms with van der Waals surface area (Å²) in [5.74, 6) is 0.961. The van der Waals surface area contributed by atoms with Gasteiger partial charge in [0.05, 0.1) is 25.4 Å². The van der Waals surface area contributed by atoms with E-state index in [4.69, 9.17) is 15.2 Å². The Labute approximate surface area is 154 Å². The molecule has 0 unspecified atom stereocenters. The maximum Gasteiger partial charge on any atom is 0.315 e. The maximum atomic E-state index is 11.2. The average Bonchev–Trinajstić information content (AvgIpc) is 2.66. The van der Waals surface area contributed by atoms with Crippen molar-refractivity contribution in [2.75, 3.05) is 14.2 Å². The topological polar surface area (TPSA) is 112 Å². The van der Waals surface area contributed by atoms with Gasteiger partial charge in [-0.25, -0.2) is 0 Å². The van der Waals surface area contributed by atoms with E-state index in [0.717, 1.165) is 5.56 Å². The molecular weight excluding hydrogens is 356 g/mol. The van der Waals surface area contributed by atoms with E-state index < -0.39 is 4.92 Å². The number of rotatable bonds is 7. The molecule has 2 N–H and O–H groups in total. The number of amidine groups is 1. The van der Waals surface area contributed by atoms with Crippen molar-refractivity contribution >= 4 is 28.8 Å². The SMILES string of the molecule is COc1cc(C=NN=C(N)SCc2ccccc2)cc([N+](=O)[O-])c1OC. The number of benzene rings is 2. The van der Waals surface area contributed by atoms with Crippen molar-refractivity contribution < 1.29 is 14.4 Å². The first-order valence-electron chi connectivity index (χ1n) is 7.48. The Balaban J connectivity index is 2.11. The lowest BCUT2D eigenvalue weighted by Gasteiger charge is -2.08. The Morgan fingerprint density at radius 2 is 2.00 bits per heavy atom. The van der Waals surface area contributed by atoms with Crippen molar-refractivity contribution in [2.24, 2.45) is 15.9 Å². The molecule has 0 radical (unpaired) electrons. The summed E-state index contributed by atoms with van der Waals surface area (Å²) < 4.78 is 10.2. The predicted molar refractivity (Wildman–Crippen MR) is 103 cm³/mol. The van der Waals surface area contributed by atoms with Crippen molar-refractivity contribution in [3.05, 3.63) is 63.7 Å². The molecule has 0 spiro atoms. The van der Waals surface area contributed by atoms with Gasteiger partial charge < -0.3 is 15.2 Å². The van der Waals surface area contributed by atoms with Crippen LogP contribution >= 0.6 is 11.8 Å². The first kappa shape index (κ1) is 19.3. The van der Waals surface area contributed by atoms with Gasteiger partial charge in [-0.3, -0.25) is 10.1 Å². The van der Waals surface area contributed by atoms with Crippen LogP contribution in [0.3, 0.4) is 0 Å². The minimum absolute atomic E-state index is 0.0519. The van der Waals surface area contributed by atoms with Crippen LogP contribution in [0.25, 0.3) is 0 Å². The quantitative estimate of drug-likeness (QED) is 0.345. The molecule has 0 saturated heterocycles. The van der Waals surface area contributed by atoms with Crippen molar-refractivity contribution in [3.63, 3.8) is 0 Å². The summed E-state index contributed by atoms with van der Waals surface area (Å²) in [6, 6.07) is 12.7. The fourth-order valence-corrected chi connectivity index (χ4v) is 2.70. The molecule has 2 aromatic carbocycles. The third kappa shape index (κ3) is 5.21. The molecule has 8 nitrogen and oxygen atoms in total. The molecule has 0 aromatic heterocycles. The van der Waals surface area contributed by atoms with Crippen molar-refractivity contribution in [1.82, 2.24) is 0 Å². The standard InChI is InChI=1S/C17H18N4O4S/c1-24-15-9-13(8-14(21(22)23)16(15)25-2)10-19-20-17(18)26-11-12-6-4-3-5-7-12/h3-10H,11H2,1-2H3,(H2,18,20). The van der Waals surface area contributed by atoms with Gasteiger partial charge in [-0.2, -0.15) is 5.10 Å². The molecule has 0 bridgehead atoms. The van der Waals surface area contributed by atoms with Crippen LogP contribution in [0.1, 0.15) is 11.1 Å². The monoisotopic (exact) mass is 374 g/mol. The van der Waals surface area contributed by atoms with E-state index >= 15 is 0 Å². The zero-order valence-electron chi connectivity index (χ0n) is 14.3. The van der Waals surface area contributed by atoms with Crippen LogP contribution in [0.2, 0.25) is 0 Å². The van der Waals surface area contributed by atoms with E-state index in [1.54, 1.807) is 6.07 Å². The van der Waals surface area contributed by atoms with E-state index in [0.29, 0.717) is 16.5 Å². The van der Waals surface area contributed by atoms with Crippen LogP contribution in [0.15, 0.2) is 52.7 Å². The lowest BCUT2D eigenvalue weighted by atomic mass is 10.2. The summed E-state index contributed by atoms with van der Waals surface area (Å²) in [5.41, 5.74) is 7.16. The first-order valence-corrected chi connectivity index (χ1v) is 8.47. The summed E-state index contributed by atoms with van der Waals surface area (Å²) in [6.45, 7) is 0. The fourth-order valence-electron chi connectivity index (χ4n) is 2.09. The number of nitrogens with zero attached hydrogens (tertiary/aromatic N) is 3. The Kier molecular flexibility index (Phi) is 6.98. The highest BCUT2D eigenvalue weighted by atomic mass is 32.2. The highest BCUT2D eigenvalue weighted by Gasteiger charge is 2.20. The lowest BCUT2D eigenvalue weighted by Crippen LogP contribution is -2.06. The van der Waals surface area contributed by atoms with Crippen molar-refractivity contribution in [1.29, 1.82) is 0 Å². The van der Waals surface area contributed by atoms with Gasteiger partial charge in [0.1, 0.15) is 0 Å². The number of hydrogen-bond donors (Lipinski definition) is 1. The second-order valence-electron chi connectivity index (χ2n) is 4.99. The van der Waals surface area contributed by atoms with Crippen molar-refractivity contribution in [2.45, 2.75) is 5.75 Å². The van der Waals surface area contributed by atoms with Gasteiger partial charge in [0, 0.05) is 17.4 Å². The Bertz CT molecular complexity index is 825. The van der Waals surface area contributed by atoms with Crippen LogP contribution in [0.5, 0.6) is 11.5 Å². The lowest BCUT2D eigenvalue weighted by molar-refractivity contribution is -0.385. The summed E-state index contributed by atoms with van der Waals surface area (Å²) >= 11 is 1.35. The van der Waals surface area contributed by atoms with Crippen LogP contribution in [-0.2, 0) is 5.75 Å². The number of methoxy groups -OCH3 is 2. The maximum absolute atomic E-state index is 11.2. The van der Waals surface area contributed by atoms with Crippen LogP contribution in [0.4, 0.5) is 5.69 Å². The molecule has 0 aliphatic heterocycles. The molecule has 0 aliphatic rings. The number of thioether (sulfide) groups is 1. The molecule has 2 rings (SSSR count). The van der Waals surface area contributed by atoms with Crippen molar-refractivity contribution in [3.8, 4) is 11.5 Å². The Morgan fingerprint density at radius 3 is 2.62 bits per heavy atom. The van der Waals surface area contributed by atoms with Gasteiger partial charge in [-0.1, -0.05) is 42.1 Å². The largest absolute Gasteiger partial charge is 0.493 e. The zero-order valence-corrected chi connectivity index (χ0v) is 15.1. The van der Waals surface area contributed by atoms with E-state index in [9.17, 15) is 10.1 Å². The molecule has 0 atom stereocenters.